The zero-order chi connectivity index (χ0) is 15.6. The number of nitrogens with one attached hydrogen (secondary N) is 1. The van der Waals surface area contributed by atoms with E-state index >= 15 is 0 Å². The van der Waals surface area contributed by atoms with E-state index in [4.69, 9.17) is 5.73 Å². The van der Waals surface area contributed by atoms with E-state index in [0.29, 0.717) is 11.5 Å². The van der Waals surface area contributed by atoms with Crippen molar-refractivity contribution in [2.45, 2.75) is 6.54 Å². The fourth-order valence-electron chi connectivity index (χ4n) is 2.59. The lowest BCUT2D eigenvalue weighted by molar-refractivity contribution is 1.11. The van der Waals surface area contributed by atoms with E-state index in [-0.39, 0.29) is 0 Å². The van der Waals surface area contributed by atoms with Crippen molar-refractivity contribution in [3.8, 4) is 11.4 Å². The highest BCUT2D eigenvalue weighted by atomic mass is 15.0. The lowest BCUT2D eigenvalue weighted by atomic mass is 10.1. The molecule has 0 fully saturated rings. The molecule has 0 unspecified atom stereocenters. The first-order chi connectivity index (χ1) is 11.3. The van der Waals surface area contributed by atoms with Crippen LogP contribution in [0.4, 0.5) is 17.2 Å². The highest BCUT2D eigenvalue weighted by Crippen LogP contribution is 2.25. The van der Waals surface area contributed by atoms with Gasteiger partial charge in [-0.15, -0.1) is 0 Å². The van der Waals surface area contributed by atoms with Gasteiger partial charge in [-0.2, -0.15) is 0 Å². The lowest BCUT2D eigenvalue weighted by Gasteiger charge is -2.09. The molecule has 0 bridgehead atoms. The number of hydrogen-bond acceptors (Lipinski definition) is 5. The van der Waals surface area contributed by atoms with Gasteiger partial charge in [0.2, 0.25) is 0 Å². The number of benzene rings is 2. The lowest BCUT2D eigenvalue weighted by Crippen LogP contribution is -1.99. The second-order valence-electron chi connectivity index (χ2n) is 5.36. The summed E-state index contributed by atoms with van der Waals surface area (Å²) in [6.07, 6.45) is 3.63. The van der Waals surface area contributed by atoms with Crippen LogP contribution in [0.1, 0.15) is 11.1 Å². The van der Waals surface area contributed by atoms with Crippen molar-refractivity contribution in [3.63, 3.8) is 0 Å². The van der Waals surface area contributed by atoms with Crippen molar-refractivity contribution < 1.29 is 0 Å². The minimum atomic E-state index is 0.607. The monoisotopic (exact) mass is 301 g/mol. The predicted octanol–water partition coefficient (Wildman–Crippen LogP) is 3.40. The van der Waals surface area contributed by atoms with Gasteiger partial charge in [-0.25, -0.2) is 9.97 Å². The third kappa shape index (κ3) is 2.64. The molecule has 0 aliphatic carbocycles. The van der Waals surface area contributed by atoms with Crippen molar-refractivity contribution in [2.24, 2.45) is 4.99 Å². The Kier molecular flexibility index (Phi) is 3.24. The van der Waals surface area contributed by atoms with Crippen LogP contribution >= 0.6 is 0 Å². The Morgan fingerprint density at radius 1 is 1.04 bits per heavy atom. The first kappa shape index (κ1) is 13.5. The predicted molar refractivity (Wildman–Crippen MR) is 92.9 cm³/mol. The van der Waals surface area contributed by atoms with Gasteiger partial charge in [0.25, 0.3) is 0 Å². The third-order valence-corrected chi connectivity index (χ3v) is 3.77. The molecule has 0 spiro atoms. The number of fused-ring (bicyclic) bond motifs is 1. The highest BCUT2D eigenvalue weighted by molar-refractivity contribution is 5.86. The molecular formula is C18H15N5. The summed E-state index contributed by atoms with van der Waals surface area (Å²) in [6, 6.07) is 15.6. The molecule has 5 nitrogen and oxygen atoms in total. The van der Waals surface area contributed by atoms with Gasteiger partial charge in [-0.3, -0.25) is 4.99 Å². The molecule has 3 N–H and O–H groups in total. The van der Waals surface area contributed by atoms with Gasteiger partial charge in [-0.05, 0) is 41.5 Å². The molecule has 5 heteroatoms. The van der Waals surface area contributed by atoms with Crippen LogP contribution in [0.2, 0.25) is 0 Å². The number of rotatable bonds is 3. The molecule has 2 aromatic carbocycles. The fourth-order valence-corrected chi connectivity index (χ4v) is 2.59. The Bertz CT molecular complexity index is 901. The molecule has 1 aromatic heterocycles. The quantitative estimate of drug-likeness (QED) is 0.727. The van der Waals surface area contributed by atoms with Crippen LogP contribution in [0.3, 0.4) is 0 Å². The molecule has 1 aliphatic heterocycles. The Morgan fingerprint density at radius 2 is 1.96 bits per heavy atom. The molecule has 112 valence electrons. The molecule has 4 rings (SSSR count). The standard InChI is InChI=1S/C18H15N5/c19-16-4-2-1-3-15(16)18-21-8-7-17(23-18)22-14-6-5-12-10-20-11-13(12)9-14/h1-9,11H,10,19H2,(H,21,22,23). The molecule has 0 atom stereocenters. The summed E-state index contributed by atoms with van der Waals surface area (Å²) in [6.45, 7) is 0.764. The summed E-state index contributed by atoms with van der Waals surface area (Å²) in [5.74, 6) is 1.34. The maximum absolute atomic E-state index is 6.00. The minimum Gasteiger partial charge on any atom is -0.398 e. The van der Waals surface area contributed by atoms with E-state index in [0.717, 1.165) is 29.2 Å². The van der Waals surface area contributed by atoms with Crippen LogP contribution in [0.5, 0.6) is 0 Å². The Morgan fingerprint density at radius 3 is 2.87 bits per heavy atom. The van der Waals surface area contributed by atoms with Crippen LogP contribution < -0.4 is 11.1 Å². The molecule has 3 aromatic rings. The third-order valence-electron chi connectivity index (χ3n) is 3.77. The van der Waals surface area contributed by atoms with Crippen molar-refractivity contribution in [2.75, 3.05) is 11.1 Å². The molecule has 0 saturated carbocycles. The number of para-hydroxylation sites is 1. The van der Waals surface area contributed by atoms with Crippen molar-refractivity contribution in [1.82, 2.24) is 9.97 Å². The minimum absolute atomic E-state index is 0.607. The maximum Gasteiger partial charge on any atom is 0.163 e. The topological polar surface area (TPSA) is 76.2 Å². The van der Waals surface area contributed by atoms with E-state index in [1.54, 1.807) is 6.20 Å². The van der Waals surface area contributed by atoms with E-state index in [2.05, 4.69) is 32.4 Å². The highest BCUT2D eigenvalue weighted by Gasteiger charge is 2.09. The van der Waals surface area contributed by atoms with Gasteiger partial charge >= 0.3 is 0 Å². The molecular weight excluding hydrogens is 286 g/mol. The van der Waals surface area contributed by atoms with Gasteiger partial charge in [0, 0.05) is 29.3 Å². The molecule has 0 amide bonds. The number of anilines is 3. The van der Waals surface area contributed by atoms with Crippen LogP contribution in [-0.2, 0) is 6.54 Å². The van der Waals surface area contributed by atoms with Crippen LogP contribution in [-0.4, -0.2) is 16.2 Å². The number of aliphatic imine (C=N–C) groups is 1. The number of nitrogens with two attached hydrogens (primary N) is 1. The average molecular weight is 301 g/mol. The fraction of sp³-hybridized carbons (Fsp3) is 0.0556. The van der Waals surface area contributed by atoms with Gasteiger partial charge in [-0.1, -0.05) is 18.2 Å². The van der Waals surface area contributed by atoms with Gasteiger partial charge in [0.1, 0.15) is 5.82 Å². The van der Waals surface area contributed by atoms with E-state index < -0.39 is 0 Å². The molecule has 1 aliphatic rings. The van der Waals surface area contributed by atoms with Crippen molar-refractivity contribution >= 4 is 23.4 Å². The van der Waals surface area contributed by atoms with Gasteiger partial charge < -0.3 is 11.1 Å². The number of nitrogens with zero attached hydrogens (tertiary/aromatic N) is 3. The summed E-state index contributed by atoms with van der Waals surface area (Å²) in [5.41, 5.74) is 10.9. The summed E-state index contributed by atoms with van der Waals surface area (Å²) >= 11 is 0. The summed E-state index contributed by atoms with van der Waals surface area (Å²) in [5, 5.41) is 3.31. The van der Waals surface area contributed by atoms with Crippen LogP contribution in [0, 0.1) is 0 Å². The van der Waals surface area contributed by atoms with Crippen molar-refractivity contribution in [1.29, 1.82) is 0 Å². The molecule has 2 heterocycles. The second kappa shape index (κ2) is 5.53. The Labute approximate surface area is 133 Å². The number of aromatic nitrogens is 2. The Hall–Kier alpha value is -3.21. The second-order valence-corrected chi connectivity index (χ2v) is 5.36. The maximum atomic E-state index is 6.00. The molecule has 0 radical (unpaired) electrons. The summed E-state index contributed by atoms with van der Waals surface area (Å²) in [4.78, 5) is 13.1. The number of hydrogen-bond donors (Lipinski definition) is 2. The normalized spacial score (nSPS) is 12.2. The van der Waals surface area contributed by atoms with E-state index in [9.17, 15) is 0 Å². The zero-order valence-corrected chi connectivity index (χ0v) is 12.4. The Balaban J connectivity index is 1.64. The zero-order valence-electron chi connectivity index (χ0n) is 12.4. The van der Waals surface area contributed by atoms with Crippen LogP contribution in [0.15, 0.2) is 59.7 Å². The first-order valence-corrected chi connectivity index (χ1v) is 7.37. The summed E-state index contributed by atoms with van der Waals surface area (Å²) in [7, 11) is 0. The van der Waals surface area contributed by atoms with Gasteiger partial charge in [0.15, 0.2) is 5.82 Å². The molecule has 0 saturated heterocycles. The largest absolute Gasteiger partial charge is 0.398 e. The average Bonchev–Trinajstić information content (AvgIpc) is 3.03. The first-order valence-electron chi connectivity index (χ1n) is 7.37. The SMILES string of the molecule is Nc1ccccc1-c1nccc(Nc2ccc3c(c2)C=NC3)n1. The molecule has 23 heavy (non-hydrogen) atoms. The summed E-state index contributed by atoms with van der Waals surface area (Å²) < 4.78 is 0. The number of nitrogen functional groups attached to an aromatic ring is 1. The smallest absolute Gasteiger partial charge is 0.163 e. The van der Waals surface area contributed by atoms with Gasteiger partial charge in [0.05, 0.1) is 6.54 Å². The van der Waals surface area contributed by atoms with E-state index in [1.165, 1.54) is 5.56 Å². The van der Waals surface area contributed by atoms with E-state index in [1.807, 2.05) is 42.6 Å². The van der Waals surface area contributed by atoms with Crippen LogP contribution in [0.25, 0.3) is 11.4 Å². The van der Waals surface area contributed by atoms with Crippen molar-refractivity contribution in [3.05, 3.63) is 65.9 Å².